The summed E-state index contributed by atoms with van der Waals surface area (Å²) in [6.07, 6.45) is 6.72. The molecule has 4 heteroatoms. The number of benzene rings is 1. The minimum atomic E-state index is 0.338. The Labute approximate surface area is 133 Å². The molecule has 1 saturated heterocycles. The monoisotopic (exact) mass is 304 g/mol. The lowest BCUT2D eigenvalue weighted by Gasteiger charge is -2.50. The van der Waals surface area contributed by atoms with Gasteiger partial charge in [0.25, 0.3) is 0 Å². The van der Waals surface area contributed by atoms with Crippen LogP contribution in [0.1, 0.15) is 37.7 Å². The average Bonchev–Trinajstić information content (AvgIpc) is 2.57. The first-order chi connectivity index (χ1) is 10.8. The van der Waals surface area contributed by atoms with Crippen molar-refractivity contribution in [2.75, 3.05) is 33.9 Å². The highest BCUT2D eigenvalue weighted by atomic mass is 16.5. The molecule has 0 amide bonds. The maximum Gasteiger partial charge on any atom is 0.165 e. The summed E-state index contributed by atoms with van der Waals surface area (Å²) < 4.78 is 11.1. The van der Waals surface area contributed by atoms with Crippen LogP contribution in [0.2, 0.25) is 0 Å². The summed E-state index contributed by atoms with van der Waals surface area (Å²) in [4.78, 5) is 2.68. The molecule has 0 radical (unpaired) electrons. The SMILES string of the molecule is COc1cccc(CN2CCNCC23CCCCC3)c1OC. The Hall–Kier alpha value is -1.26. The third kappa shape index (κ3) is 2.95. The molecule has 4 nitrogen and oxygen atoms in total. The van der Waals surface area contributed by atoms with Crippen LogP contribution in [0.5, 0.6) is 11.5 Å². The Bertz CT molecular complexity index is 490. The zero-order valence-corrected chi connectivity index (χ0v) is 13.9. The van der Waals surface area contributed by atoms with Crippen molar-refractivity contribution in [3.8, 4) is 11.5 Å². The summed E-state index contributed by atoms with van der Waals surface area (Å²) in [7, 11) is 3.44. The Morgan fingerprint density at radius 2 is 1.95 bits per heavy atom. The predicted molar refractivity (Wildman–Crippen MR) is 88.6 cm³/mol. The Morgan fingerprint density at radius 3 is 2.68 bits per heavy atom. The van der Waals surface area contributed by atoms with Gasteiger partial charge in [0.15, 0.2) is 11.5 Å². The third-order valence-electron chi connectivity index (χ3n) is 5.31. The van der Waals surface area contributed by atoms with Gasteiger partial charge in [-0.1, -0.05) is 31.4 Å². The zero-order chi connectivity index (χ0) is 15.4. The number of nitrogens with one attached hydrogen (secondary N) is 1. The number of para-hydroxylation sites is 1. The summed E-state index contributed by atoms with van der Waals surface area (Å²) in [6.45, 7) is 4.26. The molecule has 2 fully saturated rings. The molecular weight excluding hydrogens is 276 g/mol. The van der Waals surface area contributed by atoms with Gasteiger partial charge in [-0.2, -0.15) is 0 Å². The van der Waals surface area contributed by atoms with Gasteiger partial charge >= 0.3 is 0 Å². The molecule has 3 rings (SSSR count). The van der Waals surface area contributed by atoms with Crippen LogP contribution in [0.4, 0.5) is 0 Å². The molecule has 122 valence electrons. The first-order valence-electron chi connectivity index (χ1n) is 8.45. The number of hydrogen-bond acceptors (Lipinski definition) is 4. The summed E-state index contributed by atoms with van der Waals surface area (Å²) >= 11 is 0. The topological polar surface area (TPSA) is 33.7 Å². The van der Waals surface area contributed by atoms with E-state index in [1.54, 1.807) is 14.2 Å². The highest BCUT2D eigenvalue weighted by Crippen LogP contribution is 2.38. The molecule has 1 heterocycles. The Kier molecular flexibility index (Phi) is 4.89. The van der Waals surface area contributed by atoms with Crippen molar-refractivity contribution < 1.29 is 9.47 Å². The van der Waals surface area contributed by atoms with E-state index in [0.29, 0.717) is 5.54 Å². The van der Waals surface area contributed by atoms with Crippen LogP contribution >= 0.6 is 0 Å². The van der Waals surface area contributed by atoms with E-state index in [4.69, 9.17) is 9.47 Å². The fourth-order valence-electron chi connectivity index (χ4n) is 4.12. The zero-order valence-electron chi connectivity index (χ0n) is 13.9. The third-order valence-corrected chi connectivity index (χ3v) is 5.31. The number of methoxy groups -OCH3 is 2. The molecule has 1 N–H and O–H groups in total. The second-order valence-electron chi connectivity index (χ2n) is 6.54. The Balaban J connectivity index is 1.84. The highest BCUT2D eigenvalue weighted by Gasteiger charge is 2.39. The van der Waals surface area contributed by atoms with Crippen molar-refractivity contribution in [2.24, 2.45) is 0 Å². The van der Waals surface area contributed by atoms with Gasteiger partial charge in [-0.25, -0.2) is 0 Å². The van der Waals surface area contributed by atoms with Gasteiger partial charge < -0.3 is 14.8 Å². The smallest absolute Gasteiger partial charge is 0.165 e. The van der Waals surface area contributed by atoms with Crippen molar-refractivity contribution >= 4 is 0 Å². The maximum atomic E-state index is 5.62. The van der Waals surface area contributed by atoms with E-state index in [1.165, 1.54) is 37.7 Å². The molecule has 1 spiro atoms. The van der Waals surface area contributed by atoms with Crippen LogP contribution < -0.4 is 14.8 Å². The first kappa shape index (κ1) is 15.6. The van der Waals surface area contributed by atoms with Crippen LogP contribution in [0, 0.1) is 0 Å². The van der Waals surface area contributed by atoms with Crippen LogP contribution in [0.3, 0.4) is 0 Å². The van der Waals surface area contributed by atoms with Crippen LogP contribution in [0.15, 0.2) is 18.2 Å². The minimum absolute atomic E-state index is 0.338. The van der Waals surface area contributed by atoms with Gasteiger partial charge in [-0.05, 0) is 18.9 Å². The Morgan fingerprint density at radius 1 is 1.14 bits per heavy atom. The summed E-state index contributed by atoms with van der Waals surface area (Å²) in [5, 5.41) is 3.61. The minimum Gasteiger partial charge on any atom is -0.493 e. The lowest BCUT2D eigenvalue weighted by molar-refractivity contribution is 0.0203. The standard InChI is InChI=1S/C18H28N2O2/c1-21-16-8-6-7-15(17(16)22-2)13-20-12-11-19-14-18(20)9-4-3-5-10-18/h6-8,19H,3-5,9-14H2,1-2H3. The number of rotatable bonds is 4. The fourth-order valence-corrected chi connectivity index (χ4v) is 4.12. The van der Waals surface area contributed by atoms with Crippen molar-refractivity contribution in [1.29, 1.82) is 0 Å². The fraction of sp³-hybridized carbons (Fsp3) is 0.667. The van der Waals surface area contributed by atoms with Crippen LogP contribution in [-0.4, -0.2) is 44.3 Å². The molecule has 2 aliphatic rings. The van der Waals surface area contributed by atoms with Crippen molar-refractivity contribution in [3.05, 3.63) is 23.8 Å². The summed E-state index contributed by atoms with van der Waals surface area (Å²) in [5.74, 6) is 1.71. The number of ether oxygens (including phenoxy) is 2. The average molecular weight is 304 g/mol. The van der Waals surface area contributed by atoms with Gasteiger partial charge in [-0.3, -0.25) is 4.90 Å². The summed E-state index contributed by atoms with van der Waals surface area (Å²) in [6, 6.07) is 6.20. The van der Waals surface area contributed by atoms with Crippen molar-refractivity contribution in [1.82, 2.24) is 10.2 Å². The van der Waals surface area contributed by atoms with Gasteiger partial charge in [0.1, 0.15) is 0 Å². The molecule has 22 heavy (non-hydrogen) atoms. The molecule has 0 aromatic heterocycles. The number of hydrogen-bond donors (Lipinski definition) is 1. The molecule has 0 unspecified atom stereocenters. The second-order valence-corrected chi connectivity index (χ2v) is 6.54. The molecule has 0 bridgehead atoms. The van der Waals surface area contributed by atoms with E-state index in [0.717, 1.165) is 37.7 Å². The van der Waals surface area contributed by atoms with Gasteiger partial charge in [0, 0.05) is 37.3 Å². The van der Waals surface area contributed by atoms with E-state index in [-0.39, 0.29) is 0 Å². The molecule has 1 aromatic rings. The normalized spacial score (nSPS) is 21.7. The molecule has 1 aliphatic carbocycles. The van der Waals surface area contributed by atoms with Gasteiger partial charge in [0.2, 0.25) is 0 Å². The maximum absolute atomic E-state index is 5.62. The predicted octanol–water partition coefficient (Wildman–Crippen LogP) is 2.81. The lowest BCUT2D eigenvalue weighted by atomic mass is 9.79. The largest absolute Gasteiger partial charge is 0.493 e. The van der Waals surface area contributed by atoms with E-state index < -0.39 is 0 Å². The lowest BCUT2D eigenvalue weighted by Crippen LogP contribution is -2.61. The van der Waals surface area contributed by atoms with E-state index in [9.17, 15) is 0 Å². The molecule has 1 saturated carbocycles. The first-order valence-corrected chi connectivity index (χ1v) is 8.45. The van der Waals surface area contributed by atoms with Crippen LogP contribution in [0.25, 0.3) is 0 Å². The van der Waals surface area contributed by atoms with E-state index in [1.807, 2.05) is 6.07 Å². The number of nitrogens with zero attached hydrogens (tertiary/aromatic N) is 1. The molecule has 1 aromatic carbocycles. The molecule has 1 aliphatic heterocycles. The molecule has 0 atom stereocenters. The van der Waals surface area contributed by atoms with E-state index >= 15 is 0 Å². The van der Waals surface area contributed by atoms with Crippen molar-refractivity contribution in [3.63, 3.8) is 0 Å². The number of piperazine rings is 1. The quantitative estimate of drug-likeness (QED) is 0.927. The van der Waals surface area contributed by atoms with Gasteiger partial charge in [0.05, 0.1) is 14.2 Å². The van der Waals surface area contributed by atoms with Gasteiger partial charge in [-0.15, -0.1) is 0 Å². The highest BCUT2D eigenvalue weighted by molar-refractivity contribution is 5.46. The van der Waals surface area contributed by atoms with Crippen LogP contribution in [-0.2, 0) is 6.54 Å². The molecular formula is C18H28N2O2. The van der Waals surface area contributed by atoms with Crippen molar-refractivity contribution in [2.45, 2.75) is 44.2 Å². The summed E-state index contributed by atoms with van der Waals surface area (Å²) in [5.41, 5.74) is 1.57. The second kappa shape index (κ2) is 6.88. The van der Waals surface area contributed by atoms with E-state index in [2.05, 4.69) is 22.3 Å².